The maximum absolute atomic E-state index is 13.8. The van der Waals surface area contributed by atoms with E-state index < -0.39 is 30.6 Å². The van der Waals surface area contributed by atoms with Crippen LogP contribution in [0.5, 0.6) is 0 Å². The van der Waals surface area contributed by atoms with Crippen molar-refractivity contribution in [3.63, 3.8) is 0 Å². The Balaban J connectivity index is 2.39. The molecule has 1 N–H and O–H groups in total. The van der Waals surface area contributed by atoms with E-state index in [1.54, 1.807) is 0 Å². The van der Waals surface area contributed by atoms with Gasteiger partial charge in [-0.05, 0) is 31.2 Å². The van der Waals surface area contributed by atoms with E-state index in [-0.39, 0.29) is 10.9 Å². The molecule has 0 aliphatic carbocycles. The van der Waals surface area contributed by atoms with Crippen LogP contribution in [0.4, 0.5) is 4.39 Å². The fourth-order valence-corrected chi connectivity index (χ4v) is 4.38. The van der Waals surface area contributed by atoms with Gasteiger partial charge in [-0.3, -0.25) is 0 Å². The Hall–Kier alpha value is -1.03. The van der Waals surface area contributed by atoms with Crippen LogP contribution in [0.3, 0.4) is 0 Å². The van der Waals surface area contributed by atoms with Gasteiger partial charge in [0.25, 0.3) is 0 Å². The van der Waals surface area contributed by atoms with E-state index >= 15 is 0 Å². The number of sulfonamides is 1. The van der Waals surface area contributed by atoms with Gasteiger partial charge in [0.2, 0.25) is 10.0 Å². The average Bonchev–Trinajstić information content (AvgIpc) is 2.89. The van der Waals surface area contributed by atoms with E-state index in [2.05, 4.69) is 5.32 Å². The lowest BCUT2D eigenvalue weighted by atomic mass is 10.3. The molecule has 1 saturated heterocycles. The van der Waals surface area contributed by atoms with Gasteiger partial charge in [0.1, 0.15) is 10.7 Å². The van der Waals surface area contributed by atoms with E-state index in [1.165, 1.54) is 11.4 Å². The molecule has 0 aromatic heterocycles. The maximum Gasteiger partial charge on any atom is 0.243 e. The van der Waals surface area contributed by atoms with Crippen molar-refractivity contribution >= 4 is 19.9 Å². The van der Waals surface area contributed by atoms with Crippen molar-refractivity contribution in [2.24, 2.45) is 0 Å². The number of hydrogen-bond donors (Lipinski definition) is 1. The number of likely N-dealkylation sites (N-methyl/N-ethyl adjacent to an activating group) is 1. The van der Waals surface area contributed by atoms with Gasteiger partial charge in [-0.1, -0.05) is 0 Å². The summed E-state index contributed by atoms with van der Waals surface area (Å²) in [5.74, 6) is -1.06. The Morgan fingerprint density at radius 3 is 2.43 bits per heavy atom. The van der Waals surface area contributed by atoms with Crippen LogP contribution in [0.2, 0.25) is 0 Å². The monoisotopic (exact) mass is 336 g/mol. The zero-order valence-electron chi connectivity index (χ0n) is 11.7. The first kappa shape index (κ1) is 16.3. The molecule has 0 radical (unpaired) electrons. The molecule has 1 aromatic rings. The zero-order valence-corrected chi connectivity index (χ0v) is 13.3. The summed E-state index contributed by atoms with van der Waals surface area (Å²) in [7, 11) is -6.13. The summed E-state index contributed by atoms with van der Waals surface area (Å²) in [5.41, 5.74) is 0. The van der Waals surface area contributed by atoms with Crippen LogP contribution in [0.15, 0.2) is 28.0 Å². The van der Waals surface area contributed by atoms with Crippen molar-refractivity contribution in [1.29, 1.82) is 0 Å². The maximum atomic E-state index is 13.8. The highest BCUT2D eigenvalue weighted by atomic mass is 32.2. The Kier molecular flexibility index (Phi) is 4.39. The van der Waals surface area contributed by atoms with Gasteiger partial charge in [0, 0.05) is 25.9 Å². The summed E-state index contributed by atoms with van der Waals surface area (Å²) in [4.78, 5) is -0.756. The number of nitrogens with one attached hydrogen (secondary N) is 1. The standard InChI is InChI=1S/C12H17FN2O4S2/c1-15(9-5-6-14-8-9)21(18,19)10-3-4-12(11(13)7-10)20(2,16)17/h3-4,7,9,14H,5-6,8H2,1-2H3. The second-order valence-corrected chi connectivity index (χ2v) is 9.01. The van der Waals surface area contributed by atoms with Crippen molar-refractivity contribution in [3.8, 4) is 0 Å². The Bertz CT molecular complexity index is 741. The largest absolute Gasteiger partial charge is 0.315 e. The molecule has 21 heavy (non-hydrogen) atoms. The first-order chi connectivity index (χ1) is 9.64. The van der Waals surface area contributed by atoms with Crippen molar-refractivity contribution in [2.75, 3.05) is 26.4 Å². The molecule has 1 fully saturated rings. The number of benzene rings is 1. The van der Waals surface area contributed by atoms with Crippen molar-refractivity contribution in [2.45, 2.75) is 22.3 Å². The van der Waals surface area contributed by atoms with Gasteiger partial charge in [0.15, 0.2) is 9.84 Å². The van der Waals surface area contributed by atoms with Gasteiger partial charge in [-0.15, -0.1) is 0 Å². The van der Waals surface area contributed by atoms with E-state index in [1.807, 2.05) is 0 Å². The molecule has 6 nitrogen and oxygen atoms in total. The van der Waals surface area contributed by atoms with Crippen LogP contribution < -0.4 is 5.32 Å². The van der Waals surface area contributed by atoms with Crippen LogP contribution >= 0.6 is 0 Å². The van der Waals surface area contributed by atoms with E-state index in [0.717, 1.165) is 31.0 Å². The second-order valence-electron chi connectivity index (χ2n) is 5.03. The summed E-state index contributed by atoms with van der Waals surface area (Å²) in [5, 5.41) is 3.06. The second kappa shape index (κ2) is 5.64. The fourth-order valence-electron chi connectivity index (χ4n) is 2.26. The summed E-state index contributed by atoms with van der Waals surface area (Å²) in [6, 6.07) is 2.67. The van der Waals surface area contributed by atoms with Gasteiger partial charge in [-0.2, -0.15) is 4.31 Å². The molecule has 0 saturated carbocycles. The van der Waals surface area contributed by atoms with Gasteiger partial charge < -0.3 is 5.32 Å². The predicted octanol–water partition coefficient (Wildman–Crippen LogP) is 0.212. The molecular weight excluding hydrogens is 319 g/mol. The van der Waals surface area contributed by atoms with Gasteiger partial charge >= 0.3 is 0 Å². The quantitative estimate of drug-likeness (QED) is 0.850. The van der Waals surface area contributed by atoms with Crippen molar-refractivity contribution < 1.29 is 21.2 Å². The highest BCUT2D eigenvalue weighted by molar-refractivity contribution is 7.90. The molecule has 0 spiro atoms. The number of hydrogen-bond acceptors (Lipinski definition) is 5. The van der Waals surface area contributed by atoms with E-state index in [0.29, 0.717) is 13.0 Å². The minimum Gasteiger partial charge on any atom is -0.315 e. The molecule has 1 heterocycles. The summed E-state index contributed by atoms with van der Waals surface area (Å²) in [6.07, 6.45) is 1.55. The van der Waals surface area contributed by atoms with Crippen LogP contribution in [0.25, 0.3) is 0 Å². The average molecular weight is 336 g/mol. The van der Waals surface area contributed by atoms with Crippen LogP contribution in [-0.2, 0) is 19.9 Å². The number of rotatable bonds is 4. The van der Waals surface area contributed by atoms with E-state index in [9.17, 15) is 21.2 Å². The van der Waals surface area contributed by atoms with Crippen LogP contribution in [0.1, 0.15) is 6.42 Å². The fraction of sp³-hybridized carbons (Fsp3) is 0.500. The minimum absolute atomic E-state index is 0.187. The summed E-state index contributed by atoms with van der Waals surface area (Å²) < 4.78 is 62.6. The SMILES string of the molecule is CN(C1CCNC1)S(=O)(=O)c1ccc(S(C)(=O)=O)c(F)c1. The Morgan fingerprint density at radius 1 is 1.29 bits per heavy atom. The molecule has 2 rings (SSSR count). The van der Waals surface area contributed by atoms with Crippen molar-refractivity contribution in [1.82, 2.24) is 9.62 Å². The molecular formula is C12H17FN2O4S2. The van der Waals surface area contributed by atoms with Crippen LogP contribution in [0, 0.1) is 5.82 Å². The molecule has 1 aromatic carbocycles. The normalized spacial score (nSPS) is 20.1. The summed E-state index contributed by atoms with van der Waals surface area (Å²) in [6.45, 7) is 1.27. The summed E-state index contributed by atoms with van der Waals surface area (Å²) >= 11 is 0. The third-order valence-corrected chi connectivity index (χ3v) is 6.56. The molecule has 1 aliphatic heterocycles. The minimum atomic E-state index is -3.85. The number of nitrogens with zero attached hydrogens (tertiary/aromatic N) is 1. The lowest BCUT2D eigenvalue weighted by Crippen LogP contribution is -2.38. The van der Waals surface area contributed by atoms with Gasteiger partial charge in [0.05, 0.1) is 4.90 Å². The third kappa shape index (κ3) is 3.25. The molecule has 1 atom stereocenters. The third-order valence-electron chi connectivity index (χ3n) is 3.53. The molecule has 118 valence electrons. The number of sulfone groups is 1. The Labute approximate surface area is 123 Å². The first-order valence-corrected chi connectivity index (χ1v) is 9.65. The number of halogens is 1. The lowest BCUT2D eigenvalue weighted by molar-refractivity contribution is 0.387. The molecule has 9 heteroatoms. The first-order valence-electron chi connectivity index (χ1n) is 6.32. The topological polar surface area (TPSA) is 83.6 Å². The van der Waals surface area contributed by atoms with Gasteiger partial charge in [-0.25, -0.2) is 21.2 Å². The molecule has 0 bridgehead atoms. The lowest BCUT2D eigenvalue weighted by Gasteiger charge is -2.23. The van der Waals surface area contributed by atoms with Crippen LogP contribution in [-0.4, -0.2) is 53.6 Å². The smallest absolute Gasteiger partial charge is 0.243 e. The molecule has 1 unspecified atom stereocenters. The molecule has 1 aliphatic rings. The Morgan fingerprint density at radius 2 is 1.95 bits per heavy atom. The molecule has 0 amide bonds. The highest BCUT2D eigenvalue weighted by Crippen LogP contribution is 2.23. The van der Waals surface area contributed by atoms with E-state index in [4.69, 9.17) is 0 Å². The predicted molar refractivity (Wildman–Crippen MR) is 75.7 cm³/mol. The van der Waals surface area contributed by atoms with Crippen molar-refractivity contribution in [3.05, 3.63) is 24.0 Å². The zero-order chi connectivity index (χ0) is 15.8. The highest BCUT2D eigenvalue weighted by Gasteiger charge is 2.30.